The second kappa shape index (κ2) is 5.68. The van der Waals surface area contributed by atoms with E-state index in [-0.39, 0.29) is 0 Å². The van der Waals surface area contributed by atoms with Crippen molar-refractivity contribution in [2.24, 2.45) is 5.92 Å². The predicted molar refractivity (Wildman–Crippen MR) is 74.3 cm³/mol. The summed E-state index contributed by atoms with van der Waals surface area (Å²) < 4.78 is 0. The summed E-state index contributed by atoms with van der Waals surface area (Å²) in [5, 5.41) is 3.47. The SMILES string of the molecule is CCC(C)C(NC)c1cccc(C2CCC2)c1. The largest absolute Gasteiger partial charge is 0.313 e. The van der Waals surface area contributed by atoms with Gasteiger partial charge in [0.05, 0.1) is 0 Å². The molecule has 1 heteroatoms. The zero-order valence-corrected chi connectivity index (χ0v) is 11.4. The molecule has 0 heterocycles. The molecule has 17 heavy (non-hydrogen) atoms. The van der Waals surface area contributed by atoms with E-state index in [2.05, 4.69) is 50.5 Å². The maximum Gasteiger partial charge on any atom is 0.0343 e. The topological polar surface area (TPSA) is 12.0 Å². The lowest BCUT2D eigenvalue weighted by Gasteiger charge is -2.28. The summed E-state index contributed by atoms with van der Waals surface area (Å²) in [6.07, 6.45) is 5.41. The van der Waals surface area contributed by atoms with Crippen LogP contribution in [-0.4, -0.2) is 7.05 Å². The van der Waals surface area contributed by atoms with Gasteiger partial charge in [-0.2, -0.15) is 0 Å². The molecule has 0 aliphatic heterocycles. The van der Waals surface area contributed by atoms with E-state index in [1.807, 2.05) is 0 Å². The summed E-state index contributed by atoms with van der Waals surface area (Å²) in [7, 11) is 2.08. The first-order valence-electron chi connectivity index (χ1n) is 7.03. The zero-order valence-electron chi connectivity index (χ0n) is 11.4. The molecule has 2 atom stereocenters. The molecule has 0 bridgehead atoms. The van der Waals surface area contributed by atoms with Crippen molar-refractivity contribution < 1.29 is 0 Å². The van der Waals surface area contributed by atoms with E-state index in [1.165, 1.54) is 31.2 Å². The van der Waals surface area contributed by atoms with Crippen LogP contribution in [0.3, 0.4) is 0 Å². The third kappa shape index (κ3) is 2.71. The fourth-order valence-corrected chi connectivity index (χ4v) is 2.76. The Morgan fingerprint density at radius 2 is 2.12 bits per heavy atom. The van der Waals surface area contributed by atoms with Crippen molar-refractivity contribution in [2.75, 3.05) is 7.05 Å². The van der Waals surface area contributed by atoms with Crippen molar-refractivity contribution in [3.63, 3.8) is 0 Å². The first kappa shape index (κ1) is 12.6. The van der Waals surface area contributed by atoms with Gasteiger partial charge in [0.1, 0.15) is 0 Å². The van der Waals surface area contributed by atoms with E-state index in [0.29, 0.717) is 12.0 Å². The highest BCUT2D eigenvalue weighted by Crippen LogP contribution is 2.37. The van der Waals surface area contributed by atoms with Gasteiger partial charge in [-0.15, -0.1) is 0 Å². The normalized spacial score (nSPS) is 19.7. The standard InChI is InChI=1S/C16H25N/c1-4-12(2)16(17-3)15-10-6-9-14(11-15)13-7-5-8-13/h6,9-13,16-17H,4-5,7-8H2,1-3H3. The van der Waals surface area contributed by atoms with Crippen LogP contribution in [0, 0.1) is 5.92 Å². The smallest absolute Gasteiger partial charge is 0.0343 e. The molecule has 0 amide bonds. The number of benzene rings is 1. The van der Waals surface area contributed by atoms with E-state index in [1.54, 1.807) is 5.56 Å². The van der Waals surface area contributed by atoms with Crippen LogP contribution in [0.5, 0.6) is 0 Å². The summed E-state index contributed by atoms with van der Waals surface area (Å²) in [5.41, 5.74) is 3.02. The zero-order chi connectivity index (χ0) is 12.3. The lowest BCUT2D eigenvalue weighted by Crippen LogP contribution is -2.23. The van der Waals surface area contributed by atoms with Crippen molar-refractivity contribution in [2.45, 2.75) is 51.5 Å². The lowest BCUT2D eigenvalue weighted by molar-refractivity contribution is 0.396. The van der Waals surface area contributed by atoms with Crippen molar-refractivity contribution >= 4 is 0 Å². The van der Waals surface area contributed by atoms with E-state index in [9.17, 15) is 0 Å². The molecule has 1 nitrogen and oxygen atoms in total. The summed E-state index contributed by atoms with van der Waals surface area (Å²) in [4.78, 5) is 0. The Kier molecular flexibility index (Phi) is 4.22. The van der Waals surface area contributed by atoms with Gasteiger partial charge in [-0.25, -0.2) is 0 Å². The van der Waals surface area contributed by atoms with Gasteiger partial charge in [0.15, 0.2) is 0 Å². The van der Waals surface area contributed by atoms with Crippen molar-refractivity contribution in [1.82, 2.24) is 5.32 Å². The van der Waals surface area contributed by atoms with Crippen LogP contribution in [0.25, 0.3) is 0 Å². The Bertz CT molecular complexity index is 354. The average Bonchev–Trinajstić information content (AvgIpc) is 2.28. The number of nitrogens with one attached hydrogen (secondary N) is 1. The molecule has 1 aliphatic carbocycles. The molecule has 0 saturated heterocycles. The number of hydrogen-bond acceptors (Lipinski definition) is 1. The average molecular weight is 231 g/mol. The molecular weight excluding hydrogens is 206 g/mol. The molecule has 94 valence electrons. The van der Waals surface area contributed by atoms with Crippen LogP contribution in [0.2, 0.25) is 0 Å². The van der Waals surface area contributed by atoms with Gasteiger partial charge >= 0.3 is 0 Å². The first-order chi connectivity index (χ1) is 8.26. The molecular formula is C16H25N. The first-order valence-corrected chi connectivity index (χ1v) is 7.03. The Morgan fingerprint density at radius 1 is 1.35 bits per heavy atom. The summed E-state index contributed by atoms with van der Waals surface area (Å²) in [6.45, 7) is 4.60. The third-order valence-corrected chi connectivity index (χ3v) is 4.37. The van der Waals surface area contributed by atoms with Crippen LogP contribution in [0.15, 0.2) is 24.3 Å². The van der Waals surface area contributed by atoms with Crippen molar-refractivity contribution in [3.8, 4) is 0 Å². The minimum atomic E-state index is 0.500. The Balaban J connectivity index is 2.18. The Hall–Kier alpha value is -0.820. The van der Waals surface area contributed by atoms with E-state index in [4.69, 9.17) is 0 Å². The maximum atomic E-state index is 3.47. The molecule has 1 aromatic carbocycles. The van der Waals surface area contributed by atoms with Crippen molar-refractivity contribution in [3.05, 3.63) is 35.4 Å². The molecule has 0 spiro atoms. The van der Waals surface area contributed by atoms with Gasteiger partial charge < -0.3 is 5.32 Å². The highest BCUT2D eigenvalue weighted by molar-refractivity contribution is 5.30. The molecule has 0 aromatic heterocycles. The molecule has 2 rings (SSSR count). The second-order valence-corrected chi connectivity index (χ2v) is 5.45. The molecule has 1 aromatic rings. The van der Waals surface area contributed by atoms with Crippen LogP contribution in [0.4, 0.5) is 0 Å². The van der Waals surface area contributed by atoms with Gasteiger partial charge in [0.25, 0.3) is 0 Å². The molecule has 1 saturated carbocycles. The third-order valence-electron chi connectivity index (χ3n) is 4.37. The van der Waals surface area contributed by atoms with Crippen LogP contribution >= 0.6 is 0 Å². The highest BCUT2D eigenvalue weighted by Gasteiger charge is 2.21. The lowest BCUT2D eigenvalue weighted by atomic mass is 9.79. The van der Waals surface area contributed by atoms with Gasteiger partial charge in [-0.1, -0.05) is 51.0 Å². The quantitative estimate of drug-likeness (QED) is 0.798. The molecule has 1 N–H and O–H groups in total. The summed E-state index contributed by atoms with van der Waals surface area (Å²) in [6, 6.07) is 9.74. The summed E-state index contributed by atoms with van der Waals surface area (Å²) >= 11 is 0. The number of rotatable bonds is 5. The molecule has 0 radical (unpaired) electrons. The maximum absolute atomic E-state index is 3.47. The Morgan fingerprint density at radius 3 is 2.65 bits per heavy atom. The van der Waals surface area contributed by atoms with Crippen LogP contribution < -0.4 is 5.32 Å². The molecule has 1 aliphatic rings. The van der Waals surface area contributed by atoms with Crippen molar-refractivity contribution in [1.29, 1.82) is 0 Å². The van der Waals surface area contributed by atoms with E-state index < -0.39 is 0 Å². The van der Waals surface area contributed by atoms with Crippen LogP contribution in [-0.2, 0) is 0 Å². The fourth-order valence-electron chi connectivity index (χ4n) is 2.76. The Labute approximate surface area is 106 Å². The van der Waals surface area contributed by atoms with E-state index in [0.717, 1.165) is 5.92 Å². The van der Waals surface area contributed by atoms with Crippen LogP contribution in [0.1, 0.15) is 62.6 Å². The highest BCUT2D eigenvalue weighted by atomic mass is 14.9. The fraction of sp³-hybridized carbons (Fsp3) is 0.625. The summed E-state index contributed by atoms with van der Waals surface area (Å²) in [5.74, 6) is 1.53. The van der Waals surface area contributed by atoms with Gasteiger partial charge in [0.2, 0.25) is 0 Å². The number of hydrogen-bond donors (Lipinski definition) is 1. The second-order valence-electron chi connectivity index (χ2n) is 5.45. The minimum Gasteiger partial charge on any atom is -0.313 e. The van der Waals surface area contributed by atoms with Gasteiger partial charge in [0, 0.05) is 6.04 Å². The minimum absolute atomic E-state index is 0.500. The van der Waals surface area contributed by atoms with Gasteiger partial charge in [-0.05, 0) is 42.9 Å². The predicted octanol–water partition coefficient (Wildman–Crippen LogP) is 4.26. The monoisotopic (exact) mass is 231 g/mol. The van der Waals surface area contributed by atoms with E-state index >= 15 is 0 Å². The molecule has 2 unspecified atom stereocenters. The van der Waals surface area contributed by atoms with Gasteiger partial charge in [-0.3, -0.25) is 0 Å². The molecule has 1 fully saturated rings.